The molecule has 5 nitrogen and oxygen atoms in total. The Kier molecular flexibility index (Phi) is 5.27. The number of aromatic amines is 1. The molecule has 0 bridgehead atoms. The number of nitrogens with zero attached hydrogens (tertiary/aromatic N) is 1. The van der Waals surface area contributed by atoms with Gasteiger partial charge >= 0.3 is 6.03 Å². The summed E-state index contributed by atoms with van der Waals surface area (Å²) in [7, 11) is 1.62. The zero-order chi connectivity index (χ0) is 22.2. The van der Waals surface area contributed by atoms with Gasteiger partial charge in [0.25, 0.3) is 0 Å². The summed E-state index contributed by atoms with van der Waals surface area (Å²) in [6, 6.07) is 21.3. The lowest BCUT2D eigenvalue weighted by molar-refractivity contribution is 0.193. The number of rotatable bonds is 3. The highest BCUT2D eigenvalue weighted by atomic mass is 35.5. The maximum atomic E-state index is 13.4. The minimum absolute atomic E-state index is 0.136. The number of H-pyrrole nitrogens is 1. The molecule has 1 aliphatic rings. The number of methoxy groups -OCH3 is 1. The van der Waals surface area contributed by atoms with E-state index in [4.69, 9.17) is 16.3 Å². The number of hydrogen-bond acceptors (Lipinski definition) is 2. The van der Waals surface area contributed by atoms with E-state index in [-0.39, 0.29) is 12.1 Å². The number of urea groups is 1. The molecule has 0 fully saturated rings. The molecule has 1 aliphatic heterocycles. The Morgan fingerprint density at radius 3 is 2.56 bits per heavy atom. The first kappa shape index (κ1) is 20.5. The molecule has 2 amide bonds. The van der Waals surface area contributed by atoms with Crippen molar-refractivity contribution in [3.8, 4) is 5.75 Å². The molecule has 0 spiro atoms. The largest absolute Gasteiger partial charge is 0.497 e. The molecule has 0 saturated heterocycles. The molecule has 32 heavy (non-hydrogen) atoms. The smallest absolute Gasteiger partial charge is 0.322 e. The first-order valence-corrected chi connectivity index (χ1v) is 11.0. The van der Waals surface area contributed by atoms with Crippen molar-refractivity contribution in [2.75, 3.05) is 19.0 Å². The fraction of sp³-hybridized carbons (Fsp3) is 0.192. The van der Waals surface area contributed by atoms with Gasteiger partial charge in [-0.1, -0.05) is 41.4 Å². The zero-order valence-electron chi connectivity index (χ0n) is 18.0. The normalized spacial score (nSPS) is 15.5. The second-order valence-electron chi connectivity index (χ2n) is 8.12. The van der Waals surface area contributed by atoms with E-state index in [0.717, 1.165) is 40.0 Å². The van der Waals surface area contributed by atoms with Crippen molar-refractivity contribution in [3.05, 3.63) is 94.1 Å². The lowest BCUT2D eigenvalue weighted by Gasteiger charge is -2.36. The second-order valence-corrected chi connectivity index (χ2v) is 8.56. The number of anilines is 1. The van der Waals surface area contributed by atoms with Crippen molar-refractivity contribution in [2.24, 2.45) is 0 Å². The molecule has 162 valence electrons. The number of benzene rings is 3. The Morgan fingerprint density at radius 1 is 1.09 bits per heavy atom. The predicted octanol–water partition coefficient (Wildman–Crippen LogP) is 6.32. The van der Waals surface area contributed by atoms with Gasteiger partial charge in [0.05, 0.1) is 13.2 Å². The van der Waals surface area contributed by atoms with Crippen molar-refractivity contribution in [1.29, 1.82) is 0 Å². The molecule has 2 heterocycles. The molecule has 5 rings (SSSR count). The van der Waals surface area contributed by atoms with Crippen molar-refractivity contribution in [2.45, 2.75) is 19.4 Å². The fourth-order valence-corrected chi connectivity index (χ4v) is 4.62. The Morgan fingerprint density at radius 2 is 1.84 bits per heavy atom. The Labute approximate surface area is 192 Å². The van der Waals surface area contributed by atoms with Crippen LogP contribution in [0.3, 0.4) is 0 Å². The topological polar surface area (TPSA) is 57.4 Å². The number of aromatic nitrogens is 1. The Hall–Kier alpha value is -3.44. The van der Waals surface area contributed by atoms with Gasteiger partial charge in [0.15, 0.2) is 0 Å². The molecule has 0 radical (unpaired) electrons. The van der Waals surface area contributed by atoms with Crippen LogP contribution in [-0.2, 0) is 6.42 Å². The molecule has 4 aromatic rings. The van der Waals surface area contributed by atoms with Crippen molar-refractivity contribution in [3.63, 3.8) is 0 Å². The van der Waals surface area contributed by atoms with Gasteiger partial charge in [-0.2, -0.15) is 0 Å². The van der Waals surface area contributed by atoms with Crippen LogP contribution in [0.15, 0.2) is 66.7 Å². The summed E-state index contributed by atoms with van der Waals surface area (Å²) in [5.74, 6) is 0.750. The molecule has 6 heteroatoms. The summed E-state index contributed by atoms with van der Waals surface area (Å²) in [4.78, 5) is 18.9. The lowest BCUT2D eigenvalue weighted by Crippen LogP contribution is -2.43. The number of halogens is 1. The van der Waals surface area contributed by atoms with Gasteiger partial charge in [-0.15, -0.1) is 0 Å². The van der Waals surface area contributed by atoms with Crippen molar-refractivity contribution in [1.82, 2.24) is 9.88 Å². The van der Waals surface area contributed by atoms with Gasteiger partial charge in [0.1, 0.15) is 5.75 Å². The highest BCUT2D eigenvalue weighted by Crippen LogP contribution is 2.39. The number of carbonyl (C=O) groups excluding carboxylic acids is 1. The summed E-state index contributed by atoms with van der Waals surface area (Å²) in [5.41, 5.74) is 6.28. The van der Waals surface area contributed by atoms with E-state index in [1.54, 1.807) is 7.11 Å². The number of amides is 2. The van der Waals surface area contributed by atoms with Gasteiger partial charge in [0.2, 0.25) is 0 Å². The third-order valence-corrected chi connectivity index (χ3v) is 6.32. The Bertz CT molecular complexity index is 1280. The van der Waals surface area contributed by atoms with Crippen molar-refractivity contribution < 1.29 is 9.53 Å². The van der Waals surface area contributed by atoms with E-state index in [2.05, 4.69) is 41.5 Å². The van der Waals surface area contributed by atoms with E-state index in [9.17, 15) is 4.79 Å². The van der Waals surface area contributed by atoms with Gasteiger partial charge in [-0.05, 0) is 66.9 Å². The van der Waals surface area contributed by atoms with Crippen LogP contribution in [0.25, 0.3) is 10.9 Å². The third-order valence-electron chi connectivity index (χ3n) is 6.08. The molecular formula is C26H24ClN3O2. The average Bonchev–Trinajstić information content (AvgIpc) is 3.17. The average molecular weight is 446 g/mol. The minimum atomic E-state index is -0.219. The van der Waals surface area contributed by atoms with E-state index in [1.165, 1.54) is 11.1 Å². The van der Waals surface area contributed by atoms with Crippen LogP contribution in [0.2, 0.25) is 5.02 Å². The summed E-state index contributed by atoms with van der Waals surface area (Å²) in [5, 5.41) is 4.88. The quantitative estimate of drug-likeness (QED) is 0.387. The molecule has 3 aromatic carbocycles. The molecule has 0 saturated carbocycles. The van der Waals surface area contributed by atoms with E-state index in [1.807, 2.05) is 47.4 Å². The molecular weight excluding hydrogens is 422 g/mol. The zero-order valence-corrected chi connectivity index (χ0v) is 18.7. The lowest BCUT2D eigenvalue weighted by atomic mass is 9.92. The second kappa shape index (κ2) is 8.24. The standard InChI is InChI=1S/C26H24ClN3O2/c1-16-3-5-17(6-4-16)25-24-21(22-15-18(27)7-12-23(22)29-24)13-14-30(25)26(31)28-19-8-10-20(32-2)11-9-19/h3-12,15,25,29H,13-14H2,1-2H3,(H,28,31). The first-order valence-electron chi connectivity index (χ1n) is 10.6. The fourth-order valence-electron chi connectivity index (χ4n) is 4.44. The van der Waals surface area contributed by atoms with Crippen LogP contribution < -0.4 is 10.1 Å². The molecule has 2 N–H and O–H groups in total. The maximum Gasteiger partial charge on any atom is 0.322 e. The minimum Gasteiger partial charge on any atom is -0.497 e. The molecule has 1 unspecified atom stereocenters. The third kappa shape index (κ3) is 3.69. The molecule has 0 aliphatic carbocycles. The van der Waals surface area contributed by atoms with Crippen LogP contribution >= 0.6 is 11.6 Å². The Balaban J connectivity index is 1.55. The molecule has 1 aromatic heterocycles. The van der Waals surface area contributed by atoms with E-state index < -0.39 is 0 Å². The van der Waals surface area contributed by atoms with Gasteiger partial charge < -0.3 is 19.9 Å². The van der Waals surface area contributed by atoms with Crippen LogP contribution in [0, 0.1) is 6.92 Å². The van der Waals surface area contributed by atoms with Gasteiger partial charge in [0, 0.05) is 33.9 Å². The van der Waals surface area contributed by atoms with Crippen LogP contribution in [0.4, 0.5) is 10.5 Å². The van der Waals surface area contributed by atoms with E-state index >= 15 is 0 Å². The van der Waals surface area contributed by atoms with Crippen LogP contribution in [0.1, 0.15) is 28.4 Å². The summed E-state index contributed by atoms with van der Waals surface area (Å²) >= 11 is 6.28. The highest BCUT2D eigenvalue weighted by molar-refractivity contribution is 6.31. The number of ether oxygens (including phenoxy) is 1. The van der Waals surface area contributed by atoms with Crippen LogP contribution in [-0.4, -0.2) is 29.6 Å². The summed E-state index contributed by atoms with van der Waals surface area (Å²) < 4.78 is 5.21. The first-order chi connectivity index (χ1) is 15.5. The number of carbonyl (C=O) groups is 1. The summed E-state index contributed by atoms with van der Waals surface area (Å²) in [6.07, 6.45) is 0.758. The number of hydrogen-bond donors (Lipinski definition) is 2. The molecule has 1 atom stereocenters. The van der Waals surface area contributed by atoms with Crippen molar-refractivity contribution >= 4 is 34.2 Å². The number of aryl methyl sites for hydroxylation is 1. The van der Waals surface area contributed by atoms with E-state index in [0.29, 0.717) is 11.6 Å². The van der Waals surface area contributed by atoms with Crippen LogP contribution in [0.5, 0.6) is 5.75 Å². The SMILES string of the molecule is COc1ccc(NC(=O)N2CCc3c([nH]c4ccc(Cl)cc34)C2c2ccc(C)cc2)cc1. The highest BCUT2D eigenvalue weighted by Gasteiger charge is 2.34. The maximum absolute atomic E-state index is 13.4. The van der Waals surface area contributed by atoms with Gasteiger partial charge in [-0.25, -0.2) is 4.79 Å². The number of fused-ring (bicyclic) bond motifs is 3. The summed E-state index contributed by atoms with van der Waals surface area (Å²) in [6.45, 7) is 2.67. The van der Waals surface area contributed by atoms with Gasteiger partial charge in [-0.3, -0.25) is 0 Å². The monoisotopic (exact) mass is 445 g/mol. The number of nitrogens with one attached hydrogen (secondary N) is 2. The predicted molar refractivity (Wildman–Crippen MR) is 129 cm³/mol.